The molecule has 0 radical (unpaired) electrons. The molecule has 39 heavy (non-hydrogen) atoms. The van der Waals surface area contributed by atoms with Gasteiger partial charge in [-0.15, -0.1) is 0 Å². The van der Waals surface area contributed by atoms with Gasteiger partial charge in [0.2, 0.25) is 0 Å². The van der Waals surface area contributed by atoms with E-state index >= 15 is 0 Å². The summed E-state index contributed by atoms with van der Waals surface area (Å²) < 4.78 is 2.22. The summed E-state index contributed by atoms with van der Waals surface area (Å²) in [6, 6.07) is 26.7. The fourth-order valence-corrected chi connectivity index (χ4v) is 5.51. The molecule has 192 valence electrons. The Labute approximate surface area is 225 Å². The summed E-state index contributed by atoms with van der Waals surface area (Å²) in [5.41, 5.74) is 5.44. The third kappa shape index (κ3) is 3.92. The highest BCUT2D eigenvalue weighted by atomic mass is 16.4. The summed E-state index contributed by atoms with van der Waals surface area (Å²) in [4.78, 5) is 39.8. The number of benzene rings is 4. The van der Waals surface area contributed by atoms with Crippen molar-refractivity contribution in [2.24, 2.45) is 0 Å². The summed E-state index contributed by atoms with van der Waals surface area (Å²) in [7, 11) is 0. The summed E-state index contributed by atoms with van der Waals surface area (Å²) >= 11 is 0. The van der Waals surface area contributed by atoms with Crippen molar-refractivity contribution in [2.45, 2.75) is 13.8 Å². The van der Waals surface area contributed by atoms with Crippen molar-refractivity contribution < 1.29 is 19.5 Å². The van der Waals surface area contributed by atoms with Gasteiger partial charge >= 0.3 is 5.97 Å². The first-order valence-corrected chi connectivity index (χ1v) is 13.0. The number of ketones is 2. The van der Waals surface area contributed by atoms with Gasteiger partial charge in [-0.3, -0.25) is 9.59 Å². The molecular weight excluding hydrogens is 488 g/mol. The SMILES string of the molecule is CCN(CC)c1ccc(-n2c3ccccc3c3cc(/C=C4/C(=O)c5ccc(C(=O)O)cc5C4=O)ccc32)cc1. The van der Waals surface area contributed by atoms with Gasteiger partial charge < -0.3 is 14.6 Å². The molecule has 6 heteroatoms. The highest BCUT2D eigenvalue weighted by Crippen LogP contribution is 2.35. The molecule has 6 rings (SSSR count). The monoisotopic (exact) mass is 514 g/mol. The maximum atomic E-state index is 13.1. The lowest BCUT2D eigenvalue weighted by Gasteiger charge is -2.21. The van der Waals surface area contributed by atoms with Gasteiger partial charge in [-0.25, -0.2) is 4.79 Å². The highest BCUT2D eigenvalue weighted by Gasteiger charge is 2.33. The van der Waals surface area contributed by atoms with Crippen molar-refractivity contribution in [2.75, 3.05) is 18.0 Å². The van der Waals surface area contributed by atoms with Gasteiger partial charge in [-0.05, 0) is 86.2 Å². The van der Waals surface area contributed by atoms with Crippen LogP contribution >= 0.6 is 0 Å². The molecule has 6 nitrogen and oxygen atoms in total. The van der Waals surface area contributed by atoms with Gasteiger partial charge in [0.05, 0.1) is 22.2 Å². The van der Waals surface area contributed by atoms with Crippen LogP contribution in [0.2, 0.25) is 0 Å². The zero-order valence-electron chi connectivity index (χ0n) is 21.6. The molecule has 0 aliphatic heterocycles. The Kier molecular flexibility index (Phi) is 5.88. The Balaban J connectivity index is 1.45. The van der Waals surface area contributed by atoms with Crippen LogP contribution in [0, 0.1) is 0 Å². The number of aromatic nitrogens is 1. The van der Waals surface area contributed by atoms with E-state index in [4.69, 9.17) is 0 Å². The van der Waals surface area contributed by atoms with Crippen LogP contribution in [-0.4, -0.2) is 40.3 Å². The van der Waals surface area contributed by atoms with E-state index in [0.717, 1.165) is 46.1 Å². The zero-order chi connectivity index (χ0) is 27.3. The second kappa shape index (κ2) is 9.40. The molecule has 0 saturated heterocycles. The smallest absolute Gasteiger partial charge is 0.335 e. The molecule has 0 saturated carbocycles. The molecule has 1 aliphatic carbocycles. The Morgan fingerprint density at radius 3 is 2.21 bits per heavy atom. The number of anilines is 1. The molecule has 4 aromatic carbocycles. The molecule has 0 bridgehead atoms. The van der Waals surface area contributed by atoms with Gasteiger partial charge in [0.15, 0.2) is 11.6 Å². The molecule has 0 fully saturated rings. The maximum absolute atomic E-state index is 13.1. The van der Waals surface area contributed by atoms with Gasteiger partial charge in [0.25, 0.3) is 0 Å². The molecular formula is C33H26N2O4. The first-order chi connectivity index (χ1) is 18.9. The quantitative estimate of drug-likeness (QED) is 0.199. The Bertz CT molecular complexity index is 1840. The predicted octanol–water partition coefficient (Wildman–Crippen LogP) is 6.79. The number of Topliss-reactive ketones (excluding diaryl/α,β-unsaturated/α-hetero) is 2. The first-order valence-electron chi connectivity index (χ1n) is 13.0. The lowest BCUT2D eigenvalue weighted by Crippen LogP contribution is -2.21. The Morgan fingerprint density at radius 1 is 0.795 bits per heavy atom. The lowest BCUT2D eigenvalue weighted by atomic mass is 10.0. The van der Waals surface area contributed by atoms with E-state index < -0.39 is 11.8 Å². The van der Waals surface area contributed by atoms with Crippen molar-refractivity contribution in [1.29, 1.82) is 0 Å². The van der Waals surface area contributed by atoms with Crippen LogP contribution in [0.25, 0.3) is 33.6 Å². The minimum absolute atomic E-state index is 0.0180. The molecule has 5 aromatic rings. The number of carboxylic acids is 1. The van der Waals surface area contributed by atoms with E-state index in [9.17, 15) is 19.5 Å². The number of para-hydroxylation sites is 1. The molecule has 0 atom stereocenters. The number of aromatic carboxylic acids is 1. The maximum Gasteiger partial charge on any atom is 0.335 e. The van der Waals surface area contributed by atoms with E-state index in [1.54, 1.807) is 6.08 Å². The van der Waals surface area contributed by atoms with E-state index in [2.05, 4.69) is 59.7 Å². The van der Waals surface area contributed by atoms with Crippen LogP contribution in [0.3, 0.4) is 0 Å². The fourth-order valence-electron chi connectivity index (χ4n) is 5.51. The number of hydrogen-bond donors (Lipinski definition) is 1. The summed E-state index contributed by atoms with van der Waals surface area (Å²) in [6.07, 6.45) is 1.61. The lowest BCUT2D eigenvalue weighted by molar-refractivity contribution is 0.0696. The number of hydrogen-bond acceptors (Lipinski definition) is 4. The Hall–Kier alpha value is -4.97. The molecule has 1 heterocycles. The standard InChI is InChI=1S/C33H26N2O4/c1-3-34(4-2)22-11-13-23(14-12-22)35-29-8-6-5-7-24(29)26-17-20(9-16-30(26)35)18-28-31(36)25-15-10-21(33(38)39)19-27(25)32(28)37/h5-19H,3-4H2,1-2H3,(H,38,39)/b28-18-. The third-order valence-corrected chi connectivity index (χ3v) is 7.49. The Morgan fingerprint density at radius 2 is 1.49 bits per heavy atom. The van der Waals surface area contributed by atoms with E-state index in [-0.39, 0.29) is 28.0 Å². The number of nitrogens with zero attached hydrogens (tertiary/aromatic N) is 2. The van der Waals surface area contributed by atoms with Crippen molar-refractivity contribution in [3.05, 3.63) is 113 Å². The molecule has 1 aromatic heterocycles. The molecule has 0 spiro atoms. The number of allylic oxidation sites excluding steroid dienone is 1. The van der Waals surface area contributed by atoms with Crippen LogP contribution < -0.4 is 4.90 Å². The van der Waals surface area contributed by atoms with Crippen LogP contribution in [-0.2, 0) is 0 Å². The van der Waals surface area contributed by atoms with Gasteiger partial charge in [-0.2, -0.15) is 0 Å². The average molecular weight is 515 g/mol. The molecule has 0 amide bonds. The second-order valence-corrected chi connectivity index (χ2v) is 9.60. The number of carboxylic acid groups (broad SMARTS) is 1. The van der Waals surface area contributed by atoms with Gasteiger partial charge in [-0.1, -0.05) is 24.3 Å². The minimum Gasteiger partial charge on any atom is -0.478 e. The first kappa shape index (κ1) is 24.4. The van der Waals surface area contributed by atoms with Crippen molar-refractivity contribution in [1.82, 2.24) is 4.57 Å². The topological polar surface area (TPSA) is 79.6 Å². The summed E-state index contributed by atoms with van der Waals surface area (Å²) in [5, 5.41) is 11.4. The highest BCUT2D eigenvalue weighted by molar-refractivity contribution is 6.41. The third-order valence-electron chi connectivity index (χ3n) is 7.49. The largest absolute Gasteiger partial charge is 0.478 e. The molecule has 1 aliphatic rings. The zero-order valence-corrected chi connectivity index (χ0v) is 21.6. The van der Waals surface area contributed by atoms with Crippen LogP contribution in [0.1, 0.15) is 50.5 Å². The number of carbonyl (C=O) groups excluding carboxylic acids is 2. The number of carbonyl (C=O) groups is 3. The molecule has 1 N–H and O–H groups in total. The van der Waals surface area contributed by atoms with Crippen LogP contribution in [0.5, 0.6) is 0 Å². The van der Waals surface area contributed by atoms with E-state index in [1.165, 1.54) is 23.9 Å². The number of fused-ring (bicyclic) bond motifs is 4. The van der Waals surface area contributed by atoms with E-state index in [0.29, 0.717) is 0 Å². The predicted molar refractivity (Wildman–Crippen MR) is 154 cm³/mol. The van der Waals surface area contributed by atoms with Crippen molar-refractivity contribution in [3.63, 3.8) is 0 Å². The second-order valence-electron chi connectivity index (χ2n) is 9.60. The fraction of sp³-hybridized carbons (Fsp3) is 0.121. The summed E-state index contributed by atoms with van der Waals surface area (Å²) in [6.45, 7) is 6.19. The van der Waals surface area contributed by atoms with E-state index in [1.807, 2.05) is 30.3 Å². The molecule has 0 unspecified atom stereocenters. The van der Waals surface area contributed by atoms with Crippen molar-refractivity contribution in [3.8, 4) is 5.69 Å². The van der Waals surface area contributed by atoms with Crippen LogP contribution in [0.15, 0.2) is 90.5 Å². The normalized spacial score (nSPS) is 13.9. The number of rotatable bonds is 6. The minimum atomic E-state index is -1.14. The van der Waals surface area contributed by atoms with Gasteiger partial charge in [0, 0.05) is 46.4 Å². The van der Waals surface area contributed by atoms with Gasteiger partial charge in [0.1, 0.15) is 0 Å². The van der Waals surface area contributed by atoms with Crippen molar-refractivity contribution >= 4 is 51.1 Å². The summed E-state index contributed by atoms with van der Waals surface area (Å²) in [5.74, 6) is -1.98. The van der Waals surface area contributed by atoms with Crippen LogP contribution in [0.4, 0.5) is 5.69 Å². The average Bonchev–Trinajstić information content (AvgIpc) is 3.41.